The molecule has 0 fully saturated rings. The molecule has 7 N–H and O–H groups in total. The average molecular weight is 428 g/mol. The van der Waals surface area contributed by atoms with Crippen LogP contribution in [0.1, 0.15) is 69.1 Å². The second-order valence-corrected chi connectivity index (χ2v) is 5.17. The lowest BCUT2D eigenvalue weighted by Gasteiger charge is -2.15. The first-order valence-corrected chi connectivity index (χ1v) is 7.10. The maximum absolute atomic E-state index is 11.2. The Kier molecular flexibility index (Phi) is 7.95. The molecule has 0 aliphatic carbocycles. The smallest absolute Gasteiger partial charge is 0.337 e. The summed E-state index contributed by atoms with van der Waals surface area (Å²) in [6, 6.07) is 0. The molecule has 0 spiro atoms. The quantitative estimate of drug-likeness (QED) is 0.292. The Morgan fingerprint density at radius 1 is 0.467 bits per heavy atom. The molecule has 0 amide bonds. The largest absolute Gasteiger partial charge is 0.478 e. The van der Waals surface area contributed by atoms with Crippen molar-refractivity contribution in [2.45, 2.75) is 6.92 Å². The summed E-state index contributed by atoms with van der Waals surface area (Å²) in [5.41, 5.74) is -9.77. The third kappa shape index (κ3) is 5.16. The molecule has 0 atom stereocenters. The molecule has 0 saturated heterocycles. The number of aromatic carboxylic acids is 6. The van der Waals surface area contributed by atoms with Crippen molar-refractivity contribution in [1.82, 2.24) is 0 Å². The third-order valence-corrected chi connectivity index (χ3v) is 3.15. The minimum Gasteiger partial charge on any atom is -0.478 e. The number of carbonyl (C=O) groups is 7. The van der Waals surface area contributed by atoms with Gasteiger partial charge in [0.05, 0.1) is 33.4 Å². The molecular weight excluding hydrogens is 416 g/mol. The van der Waals surface area contributed by atoms with Gasteiger partial charge < -0.3 is 35.7 Å². The zero-order valence-electron chi connectivity index (χ0n) is 14.7. The van der Waals surface area contributed by atoms with Crippen LogP contribution < -0.4 is 0 Å². The maximum Gasteiger partial charge on any atom is 0.337 e. The normalized spacial score (nSPS) is 9.50. The molecule has 160 valence electrons. The summed E-state index contributed by atoms with van der Waals surface area (Å²) in [6.45, 7) is 4.60. The molecule has 0 radical (unpaired) electrons. The van der Waals surface area contributed by atoms with Gasteiger partial charge in [0.2, 0.25) is 0 Å². The fourth-order valence-electron chi connectivity index (χ4n) is 2.03. The lowest BCUT2D eigenvalue weighted by molar-refractivity contribution is -0.132. The van der Waals surface area contributed by atoms with Gasteiger partial charge in [0, 0.05) is 5.57 Å². The van der Waals surface area contributed by atoms with E-state index in [0.29, 0.717) is 0 Å². The first-order valence-electron chi connectivity index (χ1n) is 7.10. The van der Waals surface area contributed by atoms with E-state index in [1.807, 2.05) is 0 Å². The molecule has 0 saturated carbocycles. The van der Waals surface area contributed by atoms with Crippen molar-refractivity contribution >= 4 is 41.8 Å². The first-order chi connectivity index (χ1) is 13.6. The van der Waals surface area contributed by atoms with Gasteiger partial charge in [0.1, 0.15) is 0 Å². The van der Waals surface area contributed by atoms with Gasteiger partial charge in [-0.15, -0.1) is 0 Å². The van der Waals surface area contributed by atoms with Gasteiger partial charge in [-0.25, -0.2) is 33.6 Å². The Balaban J connectivity index is 0.00000122. The van der Waals surface area contributed by atoms with Crippen LogP contribution in [0.3, 0.4) is 0 Å². The van der Waals surface area contributed by atoms with E-state index in [-0.39, 0.29) is 5.57 Å². The zero-order valence-corrected chi connectivity index (χ0v) is 14.7. The Morgan fingerprint density at radius 2 is 0.567 bits per heavy atom. The number of rotatable bonds is 7. The van der Waals surface area contributed by atoms with Crippen molar-refractivity contribution < 1.29 is 69.3 Å². The van der Waals surface area contributed by atoms with Crippen molar-refractivity contribution in [1.29, 1.82) is 0 Å². The maximum atomic E-state index is 11.2. The summed E-state index contributed by atoms with van der Waals surface area (Å²) in [6.07, 6.45) is 0. The molecule has 0 aliphatic heterocycles. The van der Waals surface area contributed by atoms with Crippen LogP contribution in [0.15, 0.2) is 12.2 Å². The van der Waals surface area contributed by atoms with E-state index in [9.17, 15) is 33.6 Å². The highest BCUT2D eigenvalue weighted by Crippen LogP contribution is 2.30. The van der Waals surface area contributed by atoms with E-state index in [2.05, 4.69) is 6.58 Å². The standard InChI is InChI=1S/C12H6O12.C4H6O2/c13-7(14)1-2(8(15)16)4(10(19)20)6(12(23)24)5(11(21)22)3(1)9(17)18;1-3(2)4(5)6/h(H,13,14)(H,15,16)(H,17,18)(H,19,20)(H,21,22)(H,23,24);1H2,2H3,(H,5,6). The monoisotopic (exact) mass is 428 g/mol. The molecule has 0 heterocycles. The fourth-order valence-corrected chi connectivity index (χ4v) is 2.03. The molecule has 0 unspecified atom stereocenters. The molecule has 1 aromatic rings. The number of carboxylic acid groups (broad SMARTS) is 7. The van der Waals surface area contributed by atoms with Crippen LogP contribution in [-0.2, 0) is 4.79 Å². The van der Waals surface area contributed by atoms with Crippen molar-refractivity contribution in [3.05, 3.63) is 45.5 Å². The zero-order chi connectivity index (χ0) is 24.1. The molecular formula is C16H12O14. The van der Waals surface area contributed by atoms with Crippen molar-refractivity contribution in [3.8, 4) is 0 Å². The van der Waals surface area contributed by atoms with Crippen molar-refractivity contribution in [2.24, 2.45) is 0 Å². The van der Waals surface area contributed by atoms with Gasteiger partial charge in [-0.2, -0.15) is 0 Å². The summed E-state index contributed by atoms with van der Waals surface area (Å²) < 4.78 is 0. The van der Waals surface area contributed by atoms with Crippen molar-refractivity contribution in [2.75, 3.05) is 0 Å². The number of aliphatic carboxylic acids is 1. The first kappa shape index (κ1) is 25.2. The van der Waals surface area contributed by atoms with Crippen molar-refractivity contribution in [3.63, 3.8) is 0 Å². The van der Waals surface area contributed by atoms with E-state index in [1.54, 1.807) is 0 Å². The number of hydrogen-bond donors (Lipinski definition) is 7. The van der Waals surface area contributed by atoms with E-state index < -0.39 is 75.2 Å². The van der Waals surface area contributed by atoms with E-state index >= 15 is 0 Å². The predicted octanol–water partition coefficient (Wildman–Crippen LogP) is 0.523. The van der Waals surface area contributed by atoms with Crippen LogP contribution in [0.5, 0.6) is 0 Å². The highest BCUT2D eigenvalue weighted by atomic mass is 16.4. The molecule has 30 heavy (non-hydrogen) atoms. The molecule has 1 aromatic carbocycles. The molecule has 0 aromatic heterocycles. The molecule has 0 aliphatic rings. The lowest BCUT2D eigenvalue weighted by Crippen LogP contribution is -2.27. The highest BCUT2D eigenvalue weighted by Gasteiger charge is 2.40. The molecule has 0 bridgehead atoms. The van der Waals surface area contributed by atoms with Gasteiger partial charge in [-0.1, -0.05) is 6.58 Å². The summed E-state index contributed by atoms with van der Waals surface area (Å²) in [5.74, 6) is -14.5. The molecule has 14 heteroatoms. The summed E-state index contributed by atoms with van der Waals surface area (Å²) >= 11 is 0. The Morgan fingerprint density at radius 3 is 0.600 bits per heavy atom. The second-order valence-electron chi connectivity index (χ2n) is 5.17. The van der Waals surface area contributed by atoms with Gasteiger partial charge in [0.15, 0.2) is 0 Å². The van der Waals surface area contributed by atoms with Crippen LogP contribution in [0.25, 0.3) is 0 Å². The van der Waals surface area contributed by atoms with Crippen LogP contribution >= 0.6 is 0 Å². The van der Waals surface area contributed by atoms with E-state index in [1.165, 1.54) is 6.92 Å². The third-order valence-electron chi connectivity index (χ3n) is 3.15. The highest BCUT2D eigenvalue weighted by molar-refractivity contribution is 6.22. The molecule has 14 nitrogen and oxygen atoms in total. The topological polar surface area (TPSA) is 261 Å². The fraction of sp³-hybridized carbons (Fsp3) is 0.0625. The van der Waals surface area contributed by atoms with Gasteiger partial charge >= 0.3 is 41.8 Å². The Bertz CT molecular complexity index is 803. The number of benzene rings is 1. The summed E-state index contributed by atoms with van der Waals surface area (Å²) in [5, 5.41) is 62.0. The van der Waals surface area contributed by atoms with Crippen LogP contribution in [0.4, 0.5) is 0 Å². The summed E-state index contributed by atoms with van der Waals surface area (Å²) in [7, 11) is 0. The van der Waals surface area contributed by atoms with Gasteiger partial charge in [0.25, 0.3) is 0 Å². The Labute approximate surface area is 164 Å². The number of carboxylic acids is 7. The average Bonchev–Trinajstić information content (AvgIpc) is 2.58. The Hall–Kier alpha value is -4.75. The molecule has 1 rings (SSSR count). The predicted molar refractivity (Wildman–Crippen MR) is 90.6 cm³/mol. The second kappa shape index (κ2) is 9.45. The van der Waals surface area contributed by atoms with Gasteiger partial charge in [-0.05, 0) is 6.92 Å². The van der Waals surface area contributed by atoms with Crippen LogP contribution in [0, 0.1) is 0 Å². The SMILES string of the molecule is C=C(C)C(=O)O.O=C(O)c1c(C(=O)O)c(C(=O)O)c(C(=O)O)c(C(=O)O)c1C(=O)O. The minimum absolute atomic E-state index is 0.176. The lowest BCUT2D eigenvalue weighted by atomic mass is 9.86. The minimum atomic E-state index is -2.26. The van der Waals surface area contributed by atoms with Crippen LogP contribution in [-0.4, -0.2) is 77.5 Å². The van der Waals surface area contributed by atoms with E-state index in [0.717, 1.165) is 0 Å². The summed E-state index contributed by atoms with van der Waals surface area (Å²) in [4.78, 5) is 76.9. The van der Waals surface area contributed by atoms with E-state index in [4.69, 9.17) is 35.7 Å². The van der Waals surface area contributed by atoms with Crippen LogP contribution in [0.2, 0.25) is 0 Å². The van der Waals surface area contributed by atoms with Gasteiger partial charge in [-0.3, -0.25) is 0 Å². The number of hydrogen-bond acceptors (Lipinski definition) is 7.